The Hall–Kier alpha value is -2.53. The van der Waals surface area contributed by atoms with Crippen molar-refractivity contribution in [1.29, 1.82) is 0 Å². The summed E-state index contributed by atoms with van der Waals surface area (Å²) in [5.41, 5.74) is 1.94. The minimum atomic E-state index is -0.729. The topological polar surface area (TPSA) is 64.6 Å². The van der Waals surface area contributed by atoms with Crippen molar-refractivity contribution in [3.05, 3.63) is 58.6 Å². The van der Waals surface area contributed by atoms with Crippen LogP contribution in [0.15, 0.2) is 42.5 Å². The number of esters is 1. The molecule has 5 nitrogen and oxygen atoms in total. The third-order valence-corrected chi connectivity index (χ3v) is 4.58. The Labute approximate surface area is 164 Å². The summed E-state index contributed by atoms with van der Waals surface area (Å²) in [4.78, 5) is 24.3. The summed E-state index contributed by atoms with van der Waals surface area (Å²) in [7, 11) is 0. The molecular formula is C21H24ClNO4. The van der Waals surface area contributed by atoms with Crippen LogP contribution in [0, 0.1) is 6.92 Å². The van der Waals surface area contributed by atoms with Crippen molar-refractivity contribution < 1.29 is 19.1 Å². The van der Waals surface area contributed by atoms with Crippen LogP contribution in [0.25, 0.3) is 0 Å². The quantitative estimate of drug-likeness (QED) is 0.676. The molecule has 2 atom stereocenters. The van der Waals surface area contributed by atoms with E-state index in [0.717, 1.165) is 12.0 Å². The first-order chi connectivity index (χ1) is 12.8. The number of amides is 1. The molecule has 2 rings (SSSR count). The lowest BCUT2D eigenvalue weighted by Gasteiger charge is -2.17. The highest BCUT2D eigenvalue weighted by Gasteiger charge is 2.18. The zero-order chi connectivity index (χ0) is 20.0. The zero-order valence-electron chi connectivity index (χ0n) is 15.9. The number of anilines is 1. The average Bonchev–Trinajstić information content (AvgIpc) is 2.65. The molecule has 144 valence electrons. The third kappa shape index (κ3) is 5.73. The van der Waals surface area contributed by atoms with Crippen LogP contribution in [-0.4, -0.2) is 24.1 Å². The summed E-state index contributed by atoms with van der Waals surface area (Å²) in [6, 6.07) is 11.9. The fraction of sp³-hybridized carbons (Fsp3) is 0.333. The molecular weight excluding hydrogens is 366 g/mol. The molecule has 0 aliphatic carbocycles. The SMILES string of the molecule is CC[C@@H](C)OC(=O)[C@@H](C)Oc1ccc(C(=O)Nc2cccc(Cl)c2C)cc1. The van der Waals surface area contributed by atoms with Crippen LogP contribution in [0.3, 0.4) is 0 Å². The molecule has 0 saturated heterocycles. The third-order valence-electron chi connectivity index (χ3n) is 4.17. The molecule has 0 aliphatic heterocycles. The molecule has 6 heteroatoms. The van der Waals surface area contributed by atoms with E-state index >= 15 is 0 Å². The molecule has 0 radical (unpaired) electrons. The van der Waals surface area contributed by atoms with Crippen molar-refractivity contribution in [3.8, 4) is 5.75 Å². The van der Waals surface area contributed by atoms with Crippen molar-refractivity contribution in [2.45, 2.75) is 46.3 Å². The van der Waals surface area contributed by atoms with E-state index in [1.54, 1.807) is 49.4 Å². The Morgan fingerprint density at radius 3 is 2.41 bits per heavy atom. The van der Waals surface area contributed by atoms with Crippen molar-refractivity contribution in [2.24, 2.45) is 0 Å². The second-order valence-electron chi connectivity index (χ2n) is 6.31. The highest BCUT2D eigenvalue weighted by atomic mass is 35.5. The van der Waals surface area contributed by atoms with Gasteiger partial charge in [0.1, 0.15) is 5.75 Å². The molecule has 0 bridgehead atoms. The summed E-state index contributed by atoms with van der Waals surface area (Å²) in [6.45, 7) is 7.25. The van der Waals surface area contributed by atoms with Crippen LogP contribution in [0.5, 0.6) is 5.75 Å². The molecule has 0 saturated carbocycles. The van der Waals surface area contributed by atoms with Gasteiger partial charge in [0.25, 0.3) is 5.91 Å². The fourth-order valence-electron chi connectivity index (χ4n) is 2.25. The van der Waals surface area contributed by atoms with Crippen molar-refractivity contribution in [1.82, 2.24) is 0 Å². The predicted molar refractivity (Wildman–Crippen MR) is 107 cm³/mol. The van der Waals surface area contributed by atoms with E-state index in [2.05, 4.69) is 5.32 Å². The van der Waals surface area contributed by atoms with Gasteiger partial charge in [0, 0.05) is 16.3 Å². The second-order valence-corrected chi connectivity index (χ2v) is 6.71. The maximum absolute atomic E-state index is 12.4. The standard InChI is InChI=1S/C21H24ClNO4/c1-5-13(2)26-21(25)15(4)27-17-11-9-16(10-12-17)20(24)23-19-8-6-7-18(22)14(19)3/h6-13,15H,5H2,1-4H3,(H,23,24)/t13-,15-/m1/s1. The van der Waals surface area contributed by atoms with Crippen LogP contribution < -0.4 is 10.1 Å². The van der Waals surface area contributed by atoms with E-state index in [1.165, 1.54) is 0 Å². The number of hydrogen-bond donors (Lipinski definition) is 1. The van der Waals surface area contributed by atoms with Gasteiger partial charge in [-0.25, -0.2) is 4.79 Å². The summed E-state index contributed by atoms with van der Waals surface area (Å²) in [6.07, 6.45) is -0.133. The van der Waals surface area contributed by atoms with E-state index in [4.69, 9.17) is 21.1 Å². The number of rotatable bonds is 7. The summed E-state index contributed by atoms with van der Waals surface area (Å²) in [5.74, 6) is -0.183. The number of carbonyl (C=O) groups is 2. The van der Waals surface area contributed by atoms with Gasteiger partial charge in [-0.1, -0.05) is 24.6 Å². The first-order valence-electron chi connectivity index (χ1n) is 8.85. The first kappa shape index (κ1) is 20.8. The number of nitrogens with one attached hydrogen (secondary N) is 1. The molecule has 2 aromatic rings. The zero-order valence-corrected chi connectivity index (χ0v) is 16.7. The molecule has 2 aromatic carbocycles. The van der Waals surface area contributed by atoms with Gasteiger partial charge in [0.05, 0.1) is 6.10 Å². The normalized spacial score (nSPS) is 12.8. The Bertz CT molecular complexity index is 804. The monoisotopic (exact) mass is 389 g/mol. The van der Waals surface area contributed by atoms with Crippen molar-refractivity contribution >= 4 is 29.2 Å². The van der Waals surface area contributed by atoms with Crippen LogP contribution in [0.4, 0.5) is 5.69 Å². The van der Waals surface area contributed by atoms with Gasteiger partial charge >= 0.3 is 5.97 Å². The summed E-state index contributed by atoms with van der Waals surface area (Å²) < 4.78 is 10.8. The molecule has 0 aliphatic rings. The largest absolute Gasteiger partial charge is 0.479 e. The van der Waals surface area contributed by atoms with Gasteiger partial charge in [-0.3, -0.25) is 4.79 Å². The van der Waals surface area contributed by atoms with Crippen LogP contribution >= 0.6 is 11.6 Å². The summed E-state index contributed by atoms with van der Waals surface area (Å²) in [5, 5.41) is 3.43. The molecule has 1 amide bonds. The molecule has 0 fully saturated rings. The van der Waals surface area contributed by atoms with Crippen LogP contribution in [0.1, 0.15) is 43.1 Å². The van der Waals surface area contributed by atoms with Crippen molar-refractivity contribution in [2.75, 3.05) is 5.32 Å². The number of carbonyl (C=O) groups excluding carboxylic acids is 2. The van der Waals surface area contributed by atoms with E-state index in [9.17, 15) is 9.59 Å². The number of hydrogen-bond acceptors (Lipinski definition) is 4. The minimum Gasteiger partial charge on any atom is -0.479 e. The van der Waals surface area contributed by atoms with E-state index in [1.807, 2.05) is 20.8 Å². The molecule has 1 N–H and O–H groups in total. The lowest BCUT2D eigenvalue weighted by molar-refractivity contribution is -0.155. The Kier molecular flexibility index (Phi) is 7.25. The molecule has 0 aromatic heterocycles. The maximum Gasteiger partial charge on any atom is 0.347 e. The number of halogens is 1. The predicted octanol–water partition coefficient (Wildman–Crippen LogP) is 5.01. The van der Waals surface area contributed by atoms with Gasteiger partial charge in [-0.15, -0.1) is 0 Å². The van der Waals surface area contributed by atoms with Gasteiger partial charge in [0.2, 0.25) is 0 Å². The van der Waals surface area contributed by atoms with E-state index in [0.29, 0.717) is 22.0 Å². The lowest BCUT2D eigenvalue weighted by Crippen LogP contribution is -2.29. The van der Waals surface area contributed by atoms with Gasteiger partial charge in [-0.2, -0.15) is 0 Å². The molecule has 0 spiro atoms. The van der Waals surface area contributed by atoms with E-state index < -0.39 is 12.1 Å². The first-order valence-corrected chi connectivity index (χ1v) is 9.23. The Morgan fingerprint density at radius 2 is 1.78 bits per heavy atom. The Morgan fingerprint density at radius 1 is 1.11 bits per heavy atom. The fourth-order valence-corrected chi connectivity index (χ4v) is 2.43. The smallest absolute Gasteiger partial charge is 0.347 e. The second kappa shape index (κ2) is 9.42. The molecule has 27 heavy (non-hydrogen) atoms. The van der Waals surface area contributed by atoms with Crippen LogP contribution in [-0.2, 0) is 9.53 Å². The van der Waals surface area contributed by atoms with Crippen LogP contribution in [0.2, 0.25) is 5.02 Å². The maximum atomic E-state index is 12.4. The van der Waals surface area contributed by atoms with Gasteiger partial charge in [0.15, 0.2) is 6.10 Å². The molecule has 0 heterocycles. The Balaban J connectivity index is 1.99. The van der Waals surface area contributed by atoms with Gasteiger partial charge in [-0.05, 0) is 69.2 Å². The molecule has 0 unspecified atom stereocenters. The van der Waals surface area contributed by atoms with Crippen molar-refractivity contribution in [3.63, 3.8) is 0 Å². The number of benzene rings is 2. The van der Waals surface area contributed by atoms with Gasteiger partial charge < -0.3 is 14.8 Å². The lowest BCUT2D eigenvalue weighted by atomic mass is 10.1. The van der Waals surface area contributed by atoms with E-state index in [-0.39, 0.29) is 12.0 Å². The number of ether oxygens (including phenoxy) is 2. The highest BCUT2D eigenvalue weighted by Crippen LogP contribution is 2.24. The summed E-state index contributed by atoms with van der Waals surface area (Å²) >= 11 is 6.07. The minimum absolute atomic E-state index is 0.149. The average molecular weight is 390 g/mol. The highest BCUT2D eigenvalue weighted by molar-refractivity contribution is 6.31.